The van der Waals surface area contributed by atoms with Gasteiger partial charge in [-0.2, -0.15) is 0 Å². The molecule has 0 saturated carbocycles. The number of aliphatic hydroxyl groups is 1. The third-order valence-corrected chi connectivity index (χ3v) is 4.27. The summed E-state index contributed by atoms with van der Waals surface area (Å²) in [6, 6.07) is 11.9. The van der Waals surface area contributed by atoms with Crippen LogP contribution in [0.2, 0.25) is 5.02 Å². The largest absolute Gasteiger partial charge is 0.389 e. The SMILES string of the molecule is CC(NCC(O)COCc1cccs1)c1ccc(Cl)cc1. The molecule has 2 unspecified atom stereocenters. The van der Waals surface area contributed by atoms with E-state index in [1.54, 1.807) is 11.3 Å². The fourth-order valence-electron chi connectivity index (χ4n) is 1.93. The molecule has 0 radical (unpaired) electrons. The Morgan fingerprint density at radius 3 is 2.71 bits per heavy atom. The van der Waals surface area contributed by atoms with Gasteiger partial charge >= 0.3 is 0 Å². The number of thiophene rings is 1. The lowest BCUT2D eigenvalue weighted by Gasteiger charge is -2.17. The lowest BCUT2D eigenvalue weighted by molar-refractivity contribution is 0.0288. The summed E-state index contributed by atoms with van der Waals surface area (Å²) >= 11 is 7.53. The highest BCUT2D eigenvalue weighted by molar-refractivity contribution is 7.09. The van der Waals surface area contributed by atoms with Crippen molar-refractivity contribution >= 4 is 22.9 Å². The van der Waals surface area contributed by atoms with Crippen LogP contribution in [-0.4, -0.2) is 24.4 Å². The van der Waals surface area contributed by atoms with Gasteiger partial charge in [0.2, 0.25) is 0 Å². The van der Waals surface area contributed by atoms with Crippen LogP contribution in [0.3, 0.4) is 0 Å². The number of aliphatic hydroxyl groups excluding tert-OH is 1. The Hall–Kier alpha value is -0.910. The van der Waals surface area contributed by atoms with E-state index >= 15 is 0 Å². The van der Waals surface area contributed by atoms with E-state index in [-0.39, 0.29) is 6.04 Å². The van der Waals surface area contributed by atoms with Gasteiger partial charge in [0, 0.05) is 22.5 Å². The average molecular weight is 326 g/mol. The smallest absolute Gasteiger partial charge is 0.0898 e. The molecular formula is C16H20ClNO2S. The highest BCUT2D eigenvalue weighted by Crippen LogP contribution is 2.16. The van der Waals surface area contributed by atoms with Gasteiger partial charge < -0.3 is 15.2 Å². The van der Waals surface area contributed by atoms with E-state index in [0.717, 1.165) is 10.6 Å². The number of hydrogen-bond acceptors (Lipinski definition) is 4. The number of nitrogens with one attached hydrogen (secondary N) is 1. The molecule has 0 amide bonds. The maximum Gasteiger partial charge on any atom is 0.0898 e. The third-order valence-electron chi connectivity index (χ3n) is 3.16. The average Bonchev–Trinajstić information content (AvgIpc) is 2.99. The first-order valence-electron chi connectivity index (χ1n) is 6.92. The molecule has 1 aromatic heterocycles. The molecule has 2 atom stereocenters. The first-order chi connectivity index (χ1) is 10.1. The van der Waals surface area contributed by atoms with Crippen LogP contribution in [0.1, 0.15) is 23.4 Å². The molecule has 0 aliphatic carbocycles. The Morgan fingerprint density at radius 2 is 2.05 bits per heavy atom. The predicted octanol–water partition coefficient (Wildman–Crippen LogP) is 3.63. The maximum atomic E-state index is 9.91. The maximum absolute atomic E-state index is 9.91. The van der Waals surface area contributed by atoms with E-state index in [4.69, 9.17) is 16.3 Å². The number of benzene rings is 1. The minimum absolute atomic E-state index is 0.161. The standard InChI is InChI=1S/C16H20ClNO2S/c1-12(13-4-6-14(17)7-5-13)18-9-15(19)10-20-11-16-3-2-8-21-16/h2-8,12,15,18-19H,9-11H2,1H3. The van der Waals surface area contributed by atoms with Gasteiger partial charge in [-0.1, -0.05) is 29.8 Å². The molecule has 2 aromatic rings. The van der Waals surface area contributed by atoms with Crippen molar-refractivity contribution in [2.45, 2.75) is 25.7 Å². The van der Waals surface area contributed by atoms with E-state index < -0.39 is 6.10 Å². The summed E-state index contributed by atoms with van der Waals surface area (Å²) in [5, 5.41) is 16.0. The highest BCUT2D eigenvalue weighted by Gasteiger charge is 2.09. The Morgan fingerprint density at radius 1 is 1.29 bits per heavy atom. The summed E-state index contributed by atoms with van der Waals surface area (Å²) in [6.45, 7) is 3.44. The molecular weight excluding hydrogens is 306 g/mol. The van der Waals surface area contributed by atoms with Gasteiger partial charge in [-0.05, 0) is 36.1 Å². The van der Waals surface area contributed by atoms with Gasteiger partial charge in [0.1, 0.15) is 0 Å². The van der Waals surface area contributed by atoms with Crippen molar-refractivity contribution in [1.29, 1.82) is 0 Å². The van der Waals surface area contributed by atoms with Crippen LogP contribution in [0.25, 0.3) is 0 Å². The lowest BCUT2D eigenvalue weighted by Crippen LogP contribution is -2.32. The molecule has 2 rings (SSSR count). The summed E-state index contributed by atoms with van der Waals surface area (Å²) in [6.07, 6.45) is -0.514. The molecule has 0 bridgehead atoms. The normalized spacial score (nSPS) is 14.0. The van der Waals surface area contributed by atoms with Crippen LogP contribution in [0.4, 0.5) is 0 Å². The molecule has 0 aliphatic rings. The zero-order chi connectivity index (χ0) is 15.1. The molecule has 0 aliphatic heterocycles. The molecule has 1 heterocycles. The third kappa shape index (κ3) is 5.77. The molecule has 2 N–H and O–H groups in total. The van der Waals surface area contributed by atoms with Crippen molar-refractivity contribution in [3.63, 3.8) is 0 Å². The Balaban J connectivity index is 1.66. The van der Waals surface area contributed by atoms with Gasteiger partial charge in [0.15, 0.2) is 0 Å². The number of rotatable bonds is 8. The van der Waals surface area contributed by atoms with Crippen molar-refractivity contribution < 1.29 is 9.84 Å². The van der Waals surface area contributed by atoms with Crippen molar-refractivity contribution in [3.8, 4) is 0 Å². The molecule has 3 nitrogen and oxygen atoms in total. The Labute approximate surface area is 134 Å². The number of hydrogen-bond donors (Lipinski definition) is 2. The Bertz CT molecular complexity index is 516. The van der Waals surface area contributed by atoms with Crippen molar-refractivity contribution in [2.75, 3.05) is 13.2 Å². The fraction of sp³-hybridized carbons (Fsp3) is 0.375. The molecule has 1 aromatic carbocycles. The van der Waals surface area contributed by atoms with Gasteiger partial charge in [-0.15, -0.1) is 11.3 Å². The van der Waals surface area contributed by atoms with Crippen LogP contribution >= 0.6 is 22.9 Å². The fourth-order valence-corrected chi connectivity index (χ4v) is 2.70. The Kier molecular flexibility index (Phi) is 6.67. The van der Waals surface area contributed by atoms with Crippen LogP contribution in [-0.2, 0) is 11.3 Å². The molecule has 5 heteroatoms. The summed E-state index contributed by atoms with van der Waals surface area (Å²) in [4.78, 5) is 1.17. The van der Waals surface area contributed by atoms with Crippen molar-refractivity contribution in [1.82, 2.24) is 5.32 Å². The summed E-state index contributed by atoms with van der Waals surface area (Å²) < 4.78 is 5.50. The van der Waals surface area contributed by atoms with E-state index in [0.29, 0.717) is 19.8 Å². The first-order valence-corrected chi connectivity index (χ1v) is 8.18. The van der Waals surface area contributed by atoms with E-state index in [9.17, 15) is 5.11 Å². The van der Waals surface area contributed by atoms with Gasteiger partial charge in [-0.3, -0.25) is 0 Å². The topological polar surface area (TPSA) is 41.5 Å². The highest BCUT2D eigenvalue weighted by atomic mass is 35.5. The quantitative estimate of drug-likeness (QED) is 0.778. The number of ether oxygens (including phenoxy) is 1. The van der Waals surface area contributed by atoms with Gasteiger partial charge in [0.25, 0.3) is 0 Å². The van der Waals surface area contributed by atoms with E-state index in [1.807, 2.05) is 41.8 Å². The van der Waals surface area contributed by atoms with Crippen LogP contribution in [0, 0.1) is 0 Å². The van der Waals surface area contributed by atoms with Crippen LogP contribution < -0.4 is 5.32 Å². The summed E-state index contributed by atoms with van der Waals surface area (Å²) in [5.74, 6) is 0. The van der Waals surface area contributed by atoms with Gasteiger partial charge in [-0.25, -0.2) is 0 Å². The second-order valence-corrected chi connectivity index (χ2v) is 6.40. The second kappa shape index (κ2) is 8.51. The van der Waals surface area contributed by atoms with Gasteiger partial charge in [0.05, 0.1) is 19.3 Å². The minimum atomic E-state index is -0.514. The lowest BCUT2D eigenvalue weighted by atomic mass is 10.1. The van der Waals surface area contributed by atoms with Crippen LogP contribution in [0.5, 0.6) is 0 Å². The molecule has 0 fully saturated rings. The molecule has 0 saturated heterocycles. The molecule has 114 valence electrons. The predicted molar refractivity (Wildman–Crippen MR) is 87.9 cm³/mol. The summed E-state index contributed by atoms with van der Waals surface area (Å²) in [7, 11) is 0. The monoisotopic (exact) mass is 325 g/mol. The second-order valence-electron chi connectivity index (χ2n) is 4.93. The molecule has 21 heavy (non-hydrogen) atoms. The molecule has 0 spiro atoms. The van der Waals surface area contributed by atoms with Crippen LogP contribution in [0.15, 0.2) is 41.8 Å². The number of halogens is 1. The first kappa shape index (κ1) is 16.5. The van der Waals surface area contributed by atoms with Crippen molar-refractivity contribution in [3.05, 3.63) is 57.2 Å². The van der Waals surface area contributed by atoms with Crippen molar-refractivity contribution in [2.24, 2.45) is 0 Å². The zero-order valence-corrected chi connectivity index (χ0v) is 13.5. The minimum Gasteiger partial charge on any atom is -0.389 e. The van der Waals surface area contributed by atoms with E-state index in [1.165, 1.54) is 4.88 Å². The zero-order valence-electron chi connectivity index (χ0n) is 12.0. The summed E-state index contributed by atoms with van der Waals surface area (Å²) in [5.41, 5.74) is 1.14. The van der Waals surface area contributed by atoms with E-state index in [2.05, 4.69) is 12.2 Å².